The summed E-state index contributed by atoms with van der Waals surface area (Å²) in [4.78, 5) is 31.3. The molecule has 1 rings (SSSR count). The maximum absolute atomic E-state index is 11.9. The number of nitrogens with zero attached hydrogens (tertiary/aromatic N) is 2. The number of H-pyrrole nitrogens is 1. The number of imidazole rings is 1. The molecule has 0 fully saturated rings. The van der Waals surface area contributed by atoms with Crippen molar-refractivity contribution in [1.29, 1.82) is 0 Å². The Balaban J connectivity index is 2.58. The first-order chi connectivity index (χ1) is 8.95. The number of nitrogens with one attached hydrogen (secondary N) is 2. The molecule has 3 N–H and O–H groups in total. The average Bonchev–Trinajstić information content (AvgIpc) is 2.86. The fourth-order valence-corrected chi connectivity index (χ4v) is 1.61. The van der Waals surface area contributed by atoms with Gasteiger partial charge in [-0.25, -0.2) is 14.6 Å². The van der Waals surface area contributed by atoms with Gasteiger partial charge in [0.2, 0.25) is 0 Å². The number of hydrogen-bond acceptors (Lipinski definition) is 3. The molecule has 0 aliphatic heterocycles. The number of aliphatic carboxylic acids is 1. The van der Waals surface area contributed by atoms with Crippen molar-refractivity contribution in [2.24, 2.45) is 5.92 Å². The zero-order valence-corrected chi connectivity index (χ0v) is 11.4. The predicted molar refractivity (Wildman–Crippen MR) is 69.5 cm³/mol. The summed E-state index contributed by atoms with van der Waals surface area (Å²) in [6.45, 7) is 3.98. The van der Waals surface area contributed by atoms with Crippen LogP contribution in [0.2, 0.25) is 0 Å². The SMILES string of the molecule is CC[C@H](C)[C@H](NC(=O)N(C)Cc1ncc[nH]1)C(=O)O. The highest BCUT2D eigenvalue weighted by molar-refractivity contribution is 5.82. The molecule has 7 nitrogen and oxygen atoms in total. The first kappa shape index (κ1) is 15.0. The Hall–Kier alpha value is -2.05. The second kappa shape index (κ2) is 6.77. The zero-order valence-electron chi connectivity index (χ0n) is 11.4. The number of carboxylic acid groups (broad SMARTS) is 1. The van der Waals surface area contributed by atoms with E-state index in [1.807, 2.05) is 6.92 Å². The number of carbonyl (C=O) groups excluding carboxylic acids is 1. The van der Waals surface area contributed by atoms with Crippen LogP contribution in [-0.4, -0.2) is 45.1 Å². The smallest absolute Gasteiger partial charge is 0.326 e. The highest BCUT2D eigenvalue weighted by atomic mass is 16.4. The fourth-order valence-electron chi connectivity index (χ4n) is 1.61. The Morgan fingerprint density at radius 3 is 2.74 bits per heavy atom. The molecule has 7 heteroatoms. The van der Waals surface area contributed by atoms with E-state index in [0.29, 0.717) is 18.8 Å². The van der Waals surface area contributed by atoms with Gasteiger partial charge in [0.05, 0.1) is 6.54 Å². The molecule has 0 bridgehead atoms. The first-order valence-corrected chi connectivity index (χ1v) is 6.18. The molecule has 106 valence electrons. The van der Waals surface area contributed by atoms with Crippen LogP contribution in [0.15, 0.2) is 12.4 Å². The predicted octanol–water partition coefficient (Wildman–Crippen LogP) is 1.05. The molecule has 0 saturated heterocycles. The highest BCUT2D eigenvalue weighted by Crippen LogP contribution is 2.08. The van der Waals surface area contributed by atoms with E-state index in [1.54, 1.807) is 26.4 Å². The molecular formula is C12H20N4O3. The quantitative estimate of drug-likeness (QED) is 0.718. The normalized spacial score (nSPS) is 13.6. The Morgan fingerprint density at radius 1 is 1.58 bits per heavy atom. The van der Waals surface area contributed by atoms with Gasteiger partial charge in [0, 0.05) is 19.4 Å². The lowest BCUT2D eigenvalue weighted by molar-refractivity contribution is -0.140. The average molecular weight is 268 g/mol. The van der Waals surface area contributed by atoms with E-state index in [1.165, 1.54) is 4.90 Å². The summed E-state index contributed by atoms with van der Waals surface area (Å²) in [5.41, 5.74) is 0. The maximum atomic E-state index is 11.9. The van der Waals surface area contributed by atoms with Gasteiger partial charge in [0.25, 0.3) is 0 Å². The van der Waals surface area contributed by atoms with E-state index in [2.05, 4.69) is 15.3 Å². The third-order valence-corrected chi connectivity index (χ3v) is 3.05. The number of urea groups is 1. The lowest BCUT2D eigenvalue weighted by atomic mass is 9.99. The molecule has 0 aliphatic rings. The van der Waals surface area contributed by atoms with Gasteiger partial charge >= 0.3 is 12.0 Å². The van der Waals surface area contributed by atoms with Gasteiger partial charge < -0.3 is 20.3 Å². The summed E-state index contributed by atoms with van der Waals surface area (Å²) in [6.07, 6.45) is 3.94. The summed E-state index contributed by atoms with van der Waals surface area (Å²) < 4.78 is 0. The Morgan fingerprint density at radius 2 is 2.26 bits per heavy atom. The molecule has 0 unspecified atom stereocenters. The minimum atomic E-state index is -1.02. The summed E-state index contributed by atoms with van der Waals surface area (Å²) in [6, 6.07) is -1.30. The molecule has 1 aromatic heterocycles. The lowest BCUT2D eigenvalue weighted by Crippen LogP contribution is -2.49. The molecule has 1 heterocycles. The lowest BCUT2D eigenvalue weighted by Gasteiger charge is -2.24. The van der Waals surface area contributed by atoms with Gasteiger partial charge in [0.1, 0.15) is 11.9 Å². The van der Waals surface area contributed by atoms with Crippen molar-refractivity contribution in [2.75, 3.05) is 7.05 Å². The number of amides is 2. The Bertz CT molecular complexity index is 419. The Labute approximate surface area is 112 Å². The van der Waals surface area contributed by atoms with E-state index in [4.69, 9.17) is 5.11 Å². The fraction of sp³-hybridized carbons (Fsp3) is 0.583. The van der Waals surface area contributed by atoms with Crippen LogP contribution in [-0.2, 0) is 11.3 Å². The molecule has 2 atom stereocenters. The standard InChI is InChI=1S/C12H20N4O3/c1-4-8(2)10(11(17)18)15-12(19)16(3)7-9-13-5-6-14-9/h5-6,8,10H,4,7H2,1-3H3,(H,13,14)(H,15,19)(H,17,18)/t8-,10-/m0/s1. The topological polar surface area (TPSA) is 98.3 Å². The van der Waals surface area contributed by atoms with Gasteiger partial charge in [-0.1, -0.05) is 20.3 Å². The van der Waals surface area contributed by atoms with Crippen molar-refractivity contribution in [3.05, 3.63) is 18.2 Å². The minimum absolute atomic E-state index is 0.126. The molecule has 0 aromatic carbocycles. The van der Waals surface area contributed by atoms with E-state index in [0.717, 1.165) is 0 Å². The number of aromatic nitrogens is 2. The monoisotopic (exact) mass is 268 g/mol. The van der Waals surface area contributed by atoms with Crippen LogP contribution < -0.4 is 5.32 Å². The molecular weight excluding hydrogens is 248 g/mol. The van der Waals surface area contributed by atoms with E-state index in [-0.39, 0.29) is 5.92 Å². The molecule has 0 saturated carbocycles. The van der Waals surface area contributed by atoms with Crippen LogP contribution in [0.1, 0.15) is 26.1 Å². The maximum Gasteiger partial charge on any atom is 0.326 e. The van der Waals surface area contributed by atoms with Crippen molar-refractivity contribution in [1.82, 2.24) is 20.2 Å². The highest BCUT2D eigenvalue weighted by Gasteiger charge is 2.26. The number of aromatic amines is 1. The largest absolute Gasteiger partial charge is 0.480 e. The second-order valence-electron chi connectivity index (χ2n) is 4.54. The van der Waals surface area contributed by atoms with Gasteiger partial charge in [-0.15, -0.1) is 0 Å². The van der Waals surface area contributed by atoms with Gasteiger partial charge in [-0.05, 0) is 5.92 Å². The van der Waals surface area contributed by atoms with Crippen LogP contribution >= 0.6 is 0 Å². The van der Waals surface area contributed by atoms with E-state index in [9.17, 15) is 9.59 Å². The molecule has 0 aliphatic carbocycles. The molecule has 0 spiro atoms. The summed E-state index contributed by atoms with van der Waals surface area (Å²) in [5, 5.41) is 11.6. The Kier molecular flexibility index (Phi) is 5.35. The van der Waals surface area contributed by atoms with E-state index >= 15 is 0 Å². The van der Waals surface area contributed by atoms with Crippen molar-refractivity contribution >= 4 is 12.0 Å². The van der Waals surface area contributed by atoms with Crippen molar-refractivity contribution < 1.29 is 14.7 Å². The number of carboxylic acids is 1. The van der Waals surface area contributed by atoms with Crippen LogP contribution in [0.4, 0.5) is 4.79 Å². The van der Waals surface area contributed by atoms with Crippen LogP contribution in [0.25, 0.3) is 0 Å². The van der Waals surface area contributed by atoms with E-state index < -0.39 is 18.0 Å². The molecule has 2 amide bonds. The van der Waals surface area contributed by atoms with Gasteiger partial charge in [-0.3, -0.25) is 0 Å². The summed E-state index contributed by atoms with van der Waals surface area (Å²) >= 11 is 0. The number of hydrogen-bond donors (Lipinski definition) is 3. The minimum Gasteiger partial charge on any atom is -0.480 e. The molecule has 1 aromatic rings. The zero-order chi connectivity index (χ0) is 14.4. The molecule has 0 radical (unpaired) electrons. The van der Waals surface area contributed by atoms with Crippen molar-refractivity contribution in [3.8, 4) is 0 Å². The number of carbonyl (C=O) groups is 2. The summed E-state index contributed by atoms with van der Waals surface area (Å²) in [7, 11) is 1.59. The van der Waals surface area contributed by atoms with Crippen LogP contribution in [0.3, 0.4) is 0 Å². The van der Waals surface area contributed by atoms with Crippen molar-refractivity contribution in [2.45, 2.75) is 32.9 Å². The van der Waals surface area contributed by atoms with Crippen molar-refractivity contribution in [3.63, 3.8) is 0 Å². The summed E-state index contributed by atoms with van der Waals surface area (Å²) in [5.74, 6) is -0.499. The third kappa shape index (κ3) is 4.27. The van der Waals surface area contributed by atoms with Gasteiger partial charge in [0.15, 0.2) is 0 Å². The second-order valence-corrected chi connectivity index (χ2v) is 4.54. The third-order valence-electron chi connectivity index (χ3n) is 3.05. The van der Waals surface area contributed by atoms with Gasteiger partial charge in [-0.2, -0.15) is 0 Å². The first-order valence-electron chi connectivity index (χ1n) is 6.18. The van der Waals surface area contributed by atoms with Crippen LogP contribution in [0.5, 0.6) is 0 Å². The van der Waals surface area contributed by atoms with Crippen LogP contribution in [0, 0.1) is 5.92 Å². The number of rotatable bonds is 6. The molecule has 19 heavy (non-hydrogen) atoms.